The van der Waals surface area contributed by atoms with E-state index < -0.39 is 11.8 Å². The van der Waals surface area contributed by atoms with Crippen LogP contribution < -0.4 is 16.0 Å². The van der Waals surface area contributed by atoms with E-state index in [1.165, 1.54) is 6.92 Å². The number of carbonyl (C=O) groups is 3. The molecule has 0 fully saturated rings. The SMILES string of the molecule is CC(=O)Nc1cccc(NC(=O)C(=O)NC(C)c2ccc3ccccc3c2)c1C. The standard InChI is InChI=1S/C23H23N3O3/c1-14-20(25-16(3)27)9-6-10-21(14)26-23(29)22(28)24-15(2)18-12-11-17-7-4-5-8-19(17)13-18/h4-13,15H,1-3H3,(H,24,28)(H,25,27)(H,26,29). The van der Waals surface area contributed by atoms with Gasteiger partial charge in [0.15, 0.2) is 0 Å². The summed E-state index contributed by atoms with van der Waals surface area (Å²) in [4.78, 5) is 36.0. The summed E-state index contributed by atoms with van der Waals surface area (Å²) >= 11 is 0. The van der Waals surface area contributed by atoms with Gasteiger partial charge in [-0.1, -0.05) is 42.5 Å². The van der Waals surface area contributed by atoms with E-state index in [1.54, 1.807) is 25.1 Å². The highest BCUT2D eigenvalue weighted by atomic mass is 16.2. The van der Waals surface area contributed by atoms with Gasteiger partial charge in [0, 0.05) is 18.3 Å². The molecule has 3 amide bonds. The Morgan fingerprint density at radius 3 is 2.14 bits per heavy atom. The van der Waals surface area contributed by atoms with Gasteiger partial charge in [-0.05, 0) is 53.9 Å². The summed E-state index contributed by atoms with van der Waals surface area (Å²) in [6, 6.07) is 18.7. The Kier molecular flexibility index (Phi) is 5.93. The lowest BCUT2D eigenvalue weighted by Gasteiger charge is -2.16. The summed E-state index contributed by atoms with van der Waals surface area (Å²) in [7, 11) is 0. The van der Waals surface area contributed by atoms with Crippen LogP contribution in [0.1, 0.15) is 31.0 Å². The first-order valence-corrected chi connectivity index (χ1v) is 9.33. The van der Waals surface area contributed by atoms with E-state index in [4.69, 9.17) is 0 Å². The molecular weight excluding hydrogens is 366 g/mol. The molecule has 0 radical (unpaired) electrons. The van der Waals surface area contributed by atoms with E-state index in [1.807, 2.05) is 49.4 Å². The number of amides is 3. The van der Waals surface area contributed by atoms with Crippen molar-refractivity contribution >= 4 is 39.9 Å². The summed E-state index contributed by atoms with van der Waals surface area (Å²) in [6.45, 7) is 5.00. The van der Waals surface area contributed by atoms with Gasteiger partial charge in [-0.2, -0.15) is 0 Å². The maximum absolute atomic E-state index is 12.4. The van der Waals surface area contributed by atoms with Gasteiger partial charge in [-0.3, -0.25) is 14.4 Å². The highest BCUT2D eigenvalue weighted by molar-refractivity contribution is 6.39. The Labute approximate surface area is 169 Å². The van der Waals surface area contributed by atoms with Crippen molar-refractivity contribution in [1.29, 1.82) is 0 Å². The minimum Gasteiger partial charge on any atom is -0.341 e. The minimum atomic E-state index is -0.763. The van der Waals surface area contributed by atoms with Gasteiger partial charge in [0.25, 0.3) is 0 Å². The Bertz CT molecular complexity index is 1090. The zero-order chi connectivity index (χ0) is 21.0. The lowest BCUT2D eigenvalue weighted by molar-refractivity contribution is -0.136. The molecule has 3 N–H and O–H groups in total. The van der Waals surface area contributed by atoms with Crippen LogP contribution >= 0.6 is 0 Å². The molecule has 29 heavy (non-hydrogen) atoms. The molecule has 0 spiro atoms. The maximum Gasteiger partial charge on any atom is 0.313 e. The van der Waals surface area contributed by atoms with Gasteiger partial charge in [0.05, 0.1) is 6.04 Å². The van der Waals surface area contributed by atoms with Gasteiger partial charge in [0.1, 0.15) is 0 Å². The Balaban J connectivity index is 1.68. The van der Waals surface area contributed by atoms with E-state index in [0.717, 1.165) is 16.3 Å². The molecule has 0 aliphatic heterocycles. The van der Waals surface area contributed by atoms with Crippen LogP contribution in [0.25, 0.3) is 10.8 Å². The monoisotopic (exact) mass is 389 g/mol. The fraction of sp³-hybridized carbons (Fsp3) is 0.174. The van der Waals surface area contributed by atoms with Crippen LogP contribution in [0.3, 0.4) is 0 Å². The molecule has 1 unspecified atom stereocenters. The van der Waals surface area contributed by atoms with Crippen molar-refractivity contribution in [3.63, 3.8) is 0 Å². The smallest absolute Gasteiger partial charge is 0.313 e. The quantitative estimate of drug-likeness (QED) is 0.591. The number of hydrogen-bond acceptors (Lipinski definition) is 3. The van der Waals surface area contributed by atoms with Gasteiger partial charge in [0.2, 0.25) is 5.91 Å². The van der Waals surface area contributed by atoms with Crippen molar-refractivity contribution in [3.05, 3.63) is 71.8 Å². The van der Waals surface area contributed by atoms with Crippen molar-refractivity contribution in [1.82, 2.24) is 5.32 Å². The van der Waals surface area contributed by atoms with Crippen LogP contribution in [0.5, 0.6) is 0 Å². The molecule has 0 aliphatic carbocycles. The molecule has 148 valence electrons. The Hall–Kier alpha value is -3.67. The first-order chi connectivity index (χ1) is 13.8. The predicted octanol–water partition coefficient (Wildman–Crippen LogP) is 3.92. The lowest BCUT2D eigenvalue weighted by Crippen LogP contribution is -2.37. The lowest BCUT2D eigenvalue weighted by atomic mass is 10.0. The second-order valence-corrected chi connectivity index (χ2v) is 6.92. The van der Waals surface area contributed by atoms with Crippen LogP contribution in [-0.4, -0.2) is 17.7 Å². The molecule has 0 heterocycles. The van der Waals surface area contributed by atoms with Crippen LogP contribution in [0.4, 0.5) is 11.4 Å². The maximum atomic E-state index is 12.4. The number of fused-ring (bicyclic) bond motifs is 1. The minimum absolute atomic E-state index is 0.210. The van der Waals surface area contributed by atoms with Gasteiger partial charge >= 0.3 is 11.8 Å². The average molecular weight is 389 g/mol. The van der Waals surface area contributed by atoms with Crippen molar-refractivity contribution in [2.24, 2.45) is 0 Å². The molecule has 3 rings (SSSR count). The first kappa shape index (κ1) is 20.1. The molecular formula is C23H23N3O3. The average Bonchev–Trinajstić information content (AvgIpc) is 2.70. The number of benzene rings is 3. The van der Waals surface area contributed by atoms with E-state index >= 15 is 0 Å². The zero-order valence-corrected chi connectivity index (χ0v) is 16.6. The molecule has 0 aromatic heterocycles. The predicted molar refractivity (Wildman–Crippen MR) is 115 cm³/mol. The summed E-state index contributed by atoms with van der Waals surface area (Å²) in [5, 5.41) is 10.2. The second kappa shape index (κ2) is 8.56. The van der Waals surface area contributed by atoms with E-state index in [-0.39, 0.29) is 11.9 Å². The number of anilines is 2. The highest BCUT2D eigenvalue weighted by Crippen LogP contribution is 2.24. The van der Waals surface area contributed by atoms with E-state index in [0.29, 0.717) is 16.9 Å². The summed E-state index contributed by atoms with van der Waals surface area (Å²) in [5.41, 5.74) is 2.63. The van der Waals surface area contributed by atoms with Gasteiger partial charge in [-0.15, -0.1) is 0 Å². The fourth-order valence-corrected chi connectivity index (χ4v) is 3.10. The van der Waals surface area contributed by atoms with Crippen LogP contribution in [0, 0.1) is 6.92 Å². The second-order valence-electron chi connectivity index (χ2n) is 6.92. The Morgan fingerprint density at radius 1 is 0.793 bits per heavy atom. The first-order valence-electron chi connectivity index (χ1n) is 9.33. The third-order valence-corrected chi connectivity index (χ3v) is 4.72. The van der Waals surface area contributed by atoms with Crippen LogP contribution in [0.15, 0.2) is 60.7 Å². The number of nitrogens with one attached hydrogen (secondary N) is 3. The molecule has 6 heteroatoms. The van der Waals surface area contributed by atoms with Crippen molar-refractivity contribution in [2.45, 2.75) is 26.8 Å². The van der Waals surface area contributed by atoms with Gasteiger partial charge in [-0.25, -0.2) is 0 Å². The van der Waals surface area contributed by atoms with Crippen molar-refractivity contribution in [3.8, 4) is 0 Å². The fourth-order valence-electron chi connectivity index (χ4n) is 3.10. The normalized spacial score (nSPS) is 11.6. The molecule has 6 nitrogen and oxygen atoms in total. The van der Waals surface area contributed by atoms with Crippen molar-refractivity contribution in [2.75, 3.05) is 10.6 Å². The van der Waals surface area contributed by atoms with Gasteiger partial charge < -0.3 is 16.0 Å². The third-order valence-electron chi connectivity index (χ3n) is 4.72. The van der Waals surface area contributed by atoms with Crippen molar-refractivity contribution < 1.29 is 14.4 Å². The molecule has 3 aromatic carbocycles. The van der Waals surface area contributed by atoms with Crippen LogP contribution in [0.2, 0.25) is 0 Å². The van der Waals surface area contributed by atoms with E-state index in [2.05, 4.69) is 16.0 Å². The molecule has 0 saturated carbocycles. The molecule has 1 atom stereocenters. The summed E-state index contributed by atoms with van der Waals surface area (Å²) < 4.78 is 0. The summed E-state index contributed by atoms with van der Waals surface area (Å²) in [5.74, 6) is -1.70. The van der Waals surface area contributed by atoms with Crippen LogP contribution in [-0.2, 0) is 14.4 Å². The molecule has 0 saturated heterocycles. The Morgan fingerprint density at radius 2 is 1.45 bits per heavy atom. The zero-order valence-electron chi connectivity index (χ0n) is 16.6. The molecule has 0 bridgehead atoms. The topological polar surface area (TPSA) is 87.3 Å². The third kappa shape index (κ3) is 4.79. The number of rotatable bonds is 4. The molecule has 0 aliphatic rings. The summed E-state index contributed by atoms with van der Waals surface area (Å²) in [6.07, 6.45) is 0. The van der Waals surface area contributed by atoms with E-state index in [9.17, 15) is 14.4 Å². The number of carbonyl (C=O) groups excluding carboxylic acids is 3. The highest BCUT2D eigenvalue weighted by Gasteiger charge is 2.18. The number of hydrogen-bond donors (Lipinski definition) is 3. The molecule has 3 aromatic rings. The largest absolute Gasteiger partial charge is 0.341 e.